The van der Waals surface area contributed by atoms with Gasteiger partial charge in [0.2, 0.25) is 0 Å². The van der Waals surface area contributed by atoms with Crippen LogP contribution in [-0.4, -0.2) is 30.4 Å². The molecule has 1 aromatic rings. The molecule has 3 N–H and O–H groups in total. The van der Waals surface area contributed by atoms with Gasteiger partial charge in [0.25, 0.3) is 0 Å². The van der Waals surface area contributed by atoms with Gasteiger partial charge in [-0.25, -0.2) is 9.18 Å². The number of urea groups is 1. The smallest absolute Gasteiger partial charge is 0.387 e. The predicted octanol–water partition coefficient (Wildman–Crippen LogP) is 3.35. The van der Waals surface area contributed by atoms with Gasteiger partial charge in [0, 0.05) is 12.6 Å². The van der Waals surface area contributed by atoms with Crippen LogP contribution in [-0.2, 0) is 0 Å². The monoisotopic (exact) mass is 334 g/mol. The van der Waals surface area contributed by atoms with Crippen molar-refractivity contribution in [1.29, 1.82) is 0 Å². The first kappa shape index (κ1) is 19.1. The Bertz CT molecular complexity index is 537. The molecule has 0 radical (unpaired) electrons. The van der Waals surface area contributed by atoms with Gasteiger partial charge in [-0.05, 0) is 30.9 Å². The third-order valence-electron chi connectivity index (χ3n) is 2.98. The van der Waals surface area contributed by atoms with Crippen molar-refractivity contribution in [3.63, 3.8) is 0 Å². The number of nitrogens with one attached hydrogen (secondary N) is 2. The average molecular weight is 334 g/mol. The molecule has 1 unspecified atom stereocenters. The minimum Gasteiger partial charge on any atom is -0.432 e. The van der Waals surface area contributed by atoms with Crippen LogP contribution in [0.3, 0.4) is 0 Å². The van der Waals surface area contributed by atoms with Crippen LogP contribution in [0, 0.1) is 11.2 Å². The second-order valence-corrected chi connectivity index (χ2v) is 6.04. The topological polar surface area (TPSA) is 70.6 Å². The van der Waals surface area contributed by atoms with Gasteiger partial charge in [-0.2, -0.15) is 8.78 Å². The maximum absolute atomic E-state index is 13.1. The van der Waals surface area contributed by atoms with Crippen LogP contribution in [0.4, 0.5) is 23.7 Å². The number of benzene rings is 1. The van der Waals surface area contributed by atoms with Crippen LogP contribution in [0.2, 0.25) is 0 Å². The van der Waals surface area contributed by atoms with E-state index in [-0.39, 0.29) is 17.6 Å². The van der Waals surface area contributed by atoms with Gasteiger partial charge in [0.05, 0.1) is 11.8 Å². The van der Waals surface area contributed by atoms with Crippen LogP contribution in [0.25, 0.3) is 0 Å². The molecule has 0 saturated carbocycles. The first-order valence-corrected chi connectivity index (χ1v) is 7.06. The maximum atomic E-state index is 13.1. The number of carbonyl (C=O) groups excluding carboxylic acids is 1. The molecule has 0 spiro atoms. The summed E-state index contributed by atoms with van der Waals surface area (Å²) in [5, 5.41) is 14.3. The molecule has 0 aromatic heterocycles. The highest BCUT2D eigenvalue weighted by molar-refractivity contribution is 5.90. The fourth-order valence-corrected chi connectivity index (χ4v) is 2.15. The van der Waals surface area contributed by atoms with Crippen molar-refractivity contribution < 1.29 is 27.8 Å². The largest absolute Gasteiger partial charge is 0.432 e. The van der Waals surface area contributed by atoms with Gasteiger partial charge < -0.3 is 20.5 Å². The molecule has 130 valence electrons. The van der Waals surface area contributed by atoms with Crippen molar-refractivity contribution in [2.45, 2.75) is 39.9 Å². The highest BCUT2D eigenvalue weighted by Crippen LogP contribution is 2.27. The molecule has 0 heterocycles. The van der Waals surface area contributed by atoms with E-state index in [9.17, 15) is 23.1 Å². The number of alkyl halides is 2. The van der Waals surface area contributed by atoms with E-state index in [1.54, 1.807) is 6.92 Å². The molecule has 1 atom stereocenters. The van der Waals surface area contributed by atoms with Gasteiger partial charge >= 0.3 is 12.6 Å². The Labute approximate surface area is 132 Å². The number of hydrogen-bond acceptors (Lipinski definition) is 3. The number of halogens is 3. The zero-order valence-electron chi connectivity index (χ0n) is 13.2. The van der Waals surface area contributed by atoms with E-state index < -0.39 is 30.3 Å². The van der Waals surface area contributed by atoms with Crippen LogP contribution < -0.4 is 15.4 Å². The number of anilines is 1. The van der Waals surface area contributed by atoms with Crippen molar-refractivity contribution in [3.05, 3.63) is 24.0 Å². The number of ether oxygens (including phenoxy) is 1. The number of carbonyl (C=O) groups is 1. The summed E-state index contributed by atoms with van der Waals surface area (Å²) >= 11 is 0. The average Bonchev–Trinajstić information content (AvgIpc) is 2.37. The van der Waals surface area contributed by atoms with E-state index in [1.807, 2.05) is 13.8 Å². The molecule has 2 amide bonds. The Kier molecular flexibility index (Phi) is 6.68. The standard InChI is InChI=1S/C15H21F3N2O3/c1-9(21)7-15(2,3)8-19-14(22)20-11-5-4-10(16)6-12(11)23-13(17)18/h4-6,9,13,21H,7-8H2,1-3H3,(H2,19,20,22). The summed E-state index contributed by atoms with van der Waals surface area (Å²) in [5.41, 5.74) is -0.422. The zero-order valence-corrected chi connectivity index (χ0v) is 13.2. The van der Waals surface area contributed by atoms with Crippen molar-refractivity contribution >= 4 is 11.7 Å². The molecule has 0 aliphatic heterocycles. The fourth-order valence-electron chi connectivity index (χ4n) is 2.15. The molecule has 5 nitrogen and oxygen atoms in total. The Balaban J connectivity index is 2.67. The second-order valence-electron chi connectivity index (χ2n) is 6.04. The summed E-state index contributed by atoms with van der Waals surface area (Å²) in [4.78, 5) is 11.8. The number of amides is 2. The lowest BCUT2D eigenvalue weighted by molar-refractivity contribution is -0.0495. The highest BCUT2D eigenvalue weighted by Gasteiger charge is 2.21. The molecule has 0 bridgehead atoms. The minimum absolute atomic E-state index is 0.0717. The van der Waals surface area contributed by atoms with E-state index in [4.69, 9.17) is 0 Å². The Hall–Kier alpha value is -1.96. The number of aliphatic hydroxyl groups is 1. The van der Waals surface area contributed by atoms with E-state index in [0.29, 0.717) is 6.42 Å². The van der Waals surface area contributed by atoms with Gasteiger partial charge in [0.1, 0.15) is 5.82 Å². The SMILES string of the molecule is CC(O)CC(C)(C)CNC(=O)Nc1ccc(F)cc1OC(F)F. The Morgan fingerprint density at radius 1 is 1.39 bits per heavy atom. The van der Waals surface area contributed by atoms with E-state index in [2.05, 4.69) is 15.4 Å². The third-order valence-corrected chi connectivity index (χ3v) is 2.98. The van der Waals surface area contributed by atoms with Crippen molar-refractivity contribution in [2.24, 2.45) is 5.41 Å². The predicted molar refractivity (Wildman–Crippen MR) is 80.1 cm³/mol. The normalized spacial score (nSPS) is 12.9. The summed E-state index contributed by atoms with van der Waals surface area (Å²) < 4.78 is 41.9. The van der Waals surface area contributed by atoms with Crippen LogP contribution in [0.15, 0.2) is 18.2 Å². The summed E-state index contributed by atoms with van der Waals surface area (Å²) in [5.74, 6) is -1.22. The molecule has 8 heteroatoms. The molecule has 0 fully saturated rings. The van der Waals surface area contributed by atoms with Crippen LogP contribution in [0.1, 0.15) is 27.2 Å². The second kappa shape index (κ2) is 8.05. The van der Waals surface area contributed by atoms with Crippen molar-refractivity contribution in [3.8, 4) is 5.75 Å². The van der Waals surface area contributed by atoms with Crippen molar-refractivity contribution in [2.75, 3.05) is 11.9 Å². The summed E-state index contributed by atoms with van der Waals surface area (Å²) in [7, 11) is 0. The third kappa shape index (κ3) is 7.23. The zero-order chi connectivity index (χ0) is 17.6. The number of hydrogen-bond donors (Lipinski definition) is 3. The molecule has 0 saturated heterocycles. The van der Waals surface area contributed by atoms with E-state index in [1.165, 1.54) is 0 Å². The molecule has 23 heavy (non-hydrogen) atoms. The van der Waals surface area contributed by atoms with Crippen molar-refractivity contribution in [1.82, 2.24) is 5.32 Å². The molecular weight excluding hydrogens is 313 g/mol. The maximum Gasteiger partial charge on any atom is 0.387 e. The molecule has 0 aliphatic rings. The van der Waals surface area contributed by atoms with Gasteiger partial charge in [-0.3, -0.25) is 0 Å². The summed E-state index contributed by atoms with van der Waals surface area (Å²) in [6.07, 6.45) is -0.0400. The highest BCUT2D eigenvalue weighted by atomic mass is 19.3. The molecule has 1 rings (SSSR count). The van der Waals surface area contributed by atoms with Crippen LogP contribution in [0.5, 0.6) is 5.75 Å². The van der Waals surface area contributed by atoms with Gasteiger partial charge in [-0.15, -0.1) is 0 Å². The first-order valence-electron chi connectivity index (χ1n) is 7.06. The number of aliphatic hydroxyl groups excluding tert-OH is 1. The summed E-state index contributed by atoms with van der Waals surface area (Å²) in [6, 6.07) is 2.27. The first-order chi connectivity index (χ1) is 10.6. The molecule has 1 aromatic carbocycles. The van der Waals surface area contributed by atoms with E-state index >= 15 is 0 Å². The summed E-state index contributed by atoms with van der Waals surface area (Å²) in [6.45, 7) is 2.50. The van der Waals surface area contributed by atoms with Gasteiger partial charge in [-0.1, -0.05) is 13.8 Å². The number of rotatable bonds is 7. The fraction of sp³-hybridized carbons (Fsp3) is 0.533. The lowest BCUT2D eigenvalue weighted by atomic mass is 9.87. The van der Waals surface area contributed by atoms with Gasteiger partial charge in [0.15, 0.2) is 5.75 Å². The molecule has 0 aliphatic carbocycles. The molecular formula is C15H21F3N2O3. The quantitative estimate of drug-likeness (QED) is 0.716. The van der Waals surface area contributed by atoms with E-state index in [0.717, 1.165) is 18.2 Å². The Morgan fingerprint density at radius 2 is 2.04 bits per heavy atom. The minimum atomic E-state index is -3.13. The Morgan fingerprint density at radius 3 is 2.61 bits per heavy atom. The lowest BCUT2D eigenvalue weighted by Crippen LogP contribution is -2.38. The lowest BCUT2D eigenvalue weighted by Gasteiger charge is -2.26. The van der Waals surface area contributed by atoms with Crippen LogP contribution >= 0.6 is 0 Å².